The van der Waals surface area contributed by atoms with Crippen LogP contribution in [0.15, 0.2) is 51.3 Å². The number of amides is 1. The van der Waals surface area contributed by atoms with E-state index in [2.05, 4.69) is 15.5 Å². The van der Waals surface area contributed by atoms with Gasteiger partial charge < -0.3 is 14.2 Å². The van der Waals surface area contributed by atoms with Crippen molar-refractivity contribution in [3.05, 3.63) is 70.6 Å². The van der Waals surface area contributed by atoms with Gasteiger partial charge in [0.2, 0.25) is 0 Å². The van der Waals surface area contributed by atoms with E-state index in [1.165, 1.54) is 5.56 Å². The lowest BCUT2D eigenvalue weighted by molar-refractivity contribution is 0.0916. The summed E-state index contributed by atoms with van der Waals surface area (Å²) in [6.45, 7) is 6.32. The number of fused-ring (bicyclic) bond motifs is 1. The minimum Gasteiger partial charge on any atom is -0.450 e. The molecule has 2 aromatic carbocycles. The van der Waals surface area contributed by atoms with Crippen molar-refractivity contribution in [2.24, 2.45) is 0 Å². The number of aromatic nitrogens is 2. The van der Waals surface area contributed by atoms with Gasteiger partial charge in [0.25, 0.3) is 5.89 Å². The van der Waals surface area contributed by atoms with Crippen molar-refractivity contribution in [3.8, 4) is 11.7 Å². The zero-order valence-electron chi connectivity index (χ0n) is 15.4. The second kappa shape index (κ2) is 6.72. The Hall–Kier alpha value is -3.41. The first-order chi connectivity index (χ1) is 13.0. The van der Waals surface area contributed by atoms with Gasteiger partial charge in [-0.2, -0.15) is 0 Å². The molecular formula is C21H19N3O3. The van der Waals surface area contributed by atoms with Gasteiger partial charge in [0, 0.05) is 17.5 Å². The van der Waals surface area contributed by atoms with E-state index < -0.39 is 5.91 Å². The summed E-state index contributed by atoms with van der Waals surface area (Å²) in [4.78, 5) is 12.3. The summed E-state index contributed by atoms with van der Waals surface area (Å²) >= 11 is 0. The van der Waals surface area contributed by atoms with Gasteiger partial charge in [-0.25, -0.2) is 0 Å². The molecule has 136 valence electrons. The van der Waals surface area contributed by atoms with Crippen LogP contribution in [0.4, 0.5) is 0 Å². The van der Waals surface area contributed by atoms with Crippen LogP contribution >= 0.6 is 0 Å². The van der Waals surface area contributed by atoms with Gasteiger partial charge in [0.1, 0.15) is 5.58 Å². The standard InChI is InChI=1S/C21H19N3O3/c1-12-7-9-15(10-8-12)11-22-19(25)21-24-23-20(27-21)18-14(3)16-6-4-5-13(2)17(16)26-18/h4-10H,11H2,1-3H3,(H,22,25). The summed E-state index contributed by atoms with van der Waals surface area (Å²) in [5.74, 6) is 0.181. The molecule has 1 amide bonds. The molecule has 0 spiro atoms. The lowest BCUT2D eigenvalue weighted by Gasteiger charge is -2.02. The largest absolute Gasteiger partial charge is 0.450 e. The van der Waals surface area contributed by atoms with Gasteiger partial charge in [-0.05, 0) is 31.9 Å². The number of carbonyl (C=O) groups is 1. The number of hydrogen-bond acceptors (Lipinski definition) is 5. The van der Waals surface area contributed by atoms with Gasteiger partial charge >= 0.3 is 11.8 Å². The normalized spacial score (nSPS) is 11.1. The lowest BCUT2D eigenvalue weighted by Crippen LogP contribution is -2.23. The molecule has 0 aliphatic rings. The van der Waals surface area contributed by atoms with Crippen LogP contribution < -0.4 is 5.32 Å². The number of nitrogens with one attached hydrogen (secondary N) is 1. The first-order valence-electron chi connectivity index (χ1n) is 8.69. The molecule has 0 bridgehead atoms. The summed E-state index contributed by atoms with van der Waals surface area (Å²) in [5.41, 5.74) is 4.88. The molecule has 4 aromatic rings. The van der Waals surface area contributed by atoms with Crippen molar-refractivity contribution in [2.75, 3.05) is 0 Å². The fourth-order valence-electron chi connectivity index (χ4n) is 2.96. The molecule has 2 heterocycles. The molecule has 0 saturated carbocycles. The van der Waals surface area contributed by atoms with Crippen LogP contribution in [-0.4, -0.2) is 16.1 Å². The Bertz CT molecular complexity index is 1120. The van der Waals surface area contributed by atoms with Crippen LogP contribution in [0.25, 0.3) is 22.6 Å². The third-order valence-electron chi connectivity index (χ3n) is 4.55. The molecule has 27 heavy (non-hydrogen) atoms. The van der Waals surface area contributed by atoms with Crippen LogP contribution in [0, 0.1) is 20.8 Å². The molecule has 0 saturated heterocycles. The van der Waals surface area contributed by atoms with Crippen molar-refractivity contribution >= 4 is 16.9 Å². The molecule has 0 atom stereocenters. The minimum absolute atomic E-state index is 0.0892. The Balaban J connectivity index is 1.54. The third kappa shape index (κ3) is 3.21. The van der Waals surface area contributed by atoms with E-state index in [0.29, 0.717) is 12.3 Å². The van der Waals surface area contributed by atoms with Crippen LogP contribution in [0.1, 0.15) is 32.9 Å². The second-order valence-electron chi connectivity index (χ2n) is 6.59. The van der Waals surface area contributed by atoms with E-state index >= 15 is 0 Å². The number of carbonyl (C=O) groups excluding carboxylic acids is 1. The summed E-state index contributed by atoms with van der Waals surface area (Å²) in [5, 5.41) is 11.6. The number of aryl methyl sites for hydroxylation is 3. The number of furan rings is 1. The van der Waals surface area contributed by atoms with E-state index in [1.807, 2.05) is 63.2 Å². The van der Waals surface area contributed by atoms with Gasteiger partial charge in [-0.3, -0.25) is 4.79 Å². The molecule has 4 rings (SSSR count). The van der Waals surface area contributed by atoms with Gasteiger partial charge in [-0.15, -0.1) is 10.2 Å². The van der Waals surface area contributed by atoms with Crippen LogP contribution in [0.5, 0.6) is 0 Å². The van der Waals surface area contributed by atoms with Crippen molar-refractivity contribution in [3.63, 3.8) is 0 Å². The van der Waals surface area contributed by atoms with Crippen molar-refractivity contribution in [1.82, 2.24) is 15.5 Å². The molecule has 0 aliphatic carbocycles. The average molecular weight is 361 g/mol. The quantitative estimate of drug-likeness (QED) is 0.585. The zero-order chi connectivity index (χ0) is 19.0. The fourth-order valence-corrected chi connectivity index (χ4v) is 2.96. The Kier molecular flexibility index (Phi) is 4.24. The second-order valence-corrected chi connectivity index (χ2v) is 6.59. The van der Waals surface area contributed by atoms with Gasteiger partial charge in [-0.1, -0.05) is 48.0 Å². The van der Waals surface area contributed by atoms with Crippen LogP contribution in [0.3, 0.4) is 0 Å². The highest BCUT2D eigenvalue weighted by atomic mass is 16.4. The molecule has 0 unspecified atom stereocenters. The smallest absolute Gasteiger partial charge is 0.309 e. The topological polar surface area (TPSA) is 81.2 Å². The van der Waals surface area contributed by atoms with Crippen LogP contribution in [0.2, 0.25) is 0 Å². The Labute approximate surface area is 156 Å². The predicted octanol–water partition coefficient (Wildman–Crippen LogP) is 4.34. The van der Waals surface area contributed by atoms with Crippen LogP contribution in [-0.2, 0) is 6.54 Å². The molecule has 2 aromatic heterocycles. The van der Waals surface area contributed by atoms with E-state index in [9.17, 15) is 4.79 Å². The maximum absolute atomic E-state index is 12.3. The van der Waals surface area contributed by atoms with E-state index in [-0.39, 0.29) is 11.8 Å². The molecular weight excluding hydrogens is 342 g/mol. The lowest BCUT2D eigenvalue weighted by atomic mass is 10.1. The monoisotopic (exact) mass is 361 g/mol. The fraction of sp³-hybridized carbons (Fsp3) is 0.190. The summed E-state index contributed by atoms with van der Waals surface area (Å²) < 4.78 is 11.5. The highest BCUT2D eigenvalue weighted by Crippen LogP contribution is 2.33. The number of hydrogen-bond donors (Lipinski definition) is 1. The number of para-hydroxylation sites is 1. The summed E-state index contributed by atoms with van der Waals surface area (Å²) in [6, 6.07) is 13.9. The average Bonchev–Trinajstić information content (AvgIpc) is 3.27. The predicted molar refractivity (Wildman–Crippen MR) is 101 cm³/mol. The molecule has 6 nitrogen and oxygen atoms in total. The Morgan fingerprint density at radius 2 is 1.78 bits per heavy atom. The number of rotatable bonds is 4. The van der Waals surface area contributed by atoms with E-state index in [4.69, 9.17) is 8.83 Å². The first-order valence-corrected chi connectivity index (χ1v) is 8.69. The molecule has 0 aliphatic heterocycles. The maximum Gasteiger partial charge on any atom is 0.309 e. The van der Waals surface area contributed by atoms with Crippen molar-refractivity contribution in [1.29, 1.82) is 0 Å². The van der Waals surface area contributed by atoms with Crippen molar-refractivity contribution < 1.29 is 13.6 Å². The van der Waals surface area contributed by atoms with E-state index in [1.54, 1.807) is 0 Å². The highest BCUT2D eigenvalue weighted by molar-refractivity contribution is 5.90. The minimum atomic E-state index is -0.417. The van der Waals surface area contributed by atoms with E-state index in [0.717, 1.165) is 27.7 Å². The maximum atomic E-state index is 12.3. The summed E-state index contributed by atoms with van der Waals surface area (Å²) in [6.07, 6.45) is 0. The molecule has 1 N–H and O–H groups in total. The molecule has 6 heteroatoms. The molecule has 0 fully saturated rings. The molecule has 0 radical (unpaired) electrons. The zero-order valence-corrected chi connectivity index (χ0v) is 15.4. The number of nitrogens with zero attached hydrogens (tertiary/aromatic N) is 2. The Morgan fingerprint density at radius 3 is 2.52 bits per heavy atom. The first kappa shape index (κ1) is 17.0. The summed E-state index contributed by atoms with van der Waals surface area (Å²) in [7, 11) is 0. The third-order valence-corrected chi connectivity index (χ3v) is 4.55. The Morgan fingerprint density at radius 1 is 1.00 bits per heavy atom. The highest BCUT2D eigenvalue weighted by Gasteiger charge is 2.21. The van der Waals surface area contributed by atoms with Crippen molar-refractivity contribution in [2.45, 2.75) is 27.3 Å². The number of benzene rings is 2. The SMILES string of the molecule is Cc1ccc(CNC(=O)c2nnc(-c3oc4c(C)cccc4c3C)o2)cc1. The van der Waals surface area contributed by atoms with Gasteiger partial charge in [0.15, 0.2) is 5.76 Å². The van der Waals surface area contributed by atoms with Gasteiger partial charge in [0.05, 0.1) is 0 Å².